The van der Waals surface area contributed by atoms with E-state index in [1.165, 1.54) is 13.2 Å². The minimum Gasteiger partial charge on any atom is -0.497 e. The number of hydrogen-bond acceptors (Lipinski definition) is 4. The summed E-state index contributed by atoms with van der Waals surface area (Å²) in [6, 6.07) is 8.54. The molecule has 2 aromatic rings. The molecule has 0 spiro atoms. The molecule has 5 heteroatoms. The highest BCUT2D eigenvalue weighted by Crippen LogP contribution is 2.25. The van der Waals surface area contributed by atoms with Crippen molar-refractivity contribution in [1.82, 2.24) is 5.43 Å². The molecule has 0 amide bonds. The monoisotopic (exact) mass is 266 g/mol. The van der Waals surface area contributed by atoms with Crippen molar-refractivity contribution in [3.63, 3.8) is 0 Å². The predicted molar refractivity (Wildman–Crippen MR) is 71.0 cm³/mol. The molecule has 1 unspecified atom stereocenters. The molecule has 1 heterocycles. The van der Waals surface area contributed by atoms with E-state index in [1.54, 1.807) is 23.5 Å². The zero-order valence-electron chi connectivity index (χ0n) is 10.0. The van der Waals surface area contributed by atoms with E-state index in [9.17, 15) is 4.39 Å². The van der Waals surface area contributed by atoms with Crippen molar-refractivity contribution in [2.45, 2.75) is 12.5 Å². The summed E-state index contributed by atoms with van der Waals surface area (Å²) >= 11 is 1.63. The van der Waals surface area contributed by atoms with Crippen molar-refractivity contribution in [3.8, 4) is 5.75 Å². The Hall–Kier alpha value is -1.43. The molecule has 0 saturated heterocycles. The molecule has 0 fully saturated rings. The Balaban J connectivity index is 2.22. The lowest BCUT2D eigenvalue weighted by molar-refractivity contribution is 0.409. The number of thiophene rings is 1. The maximum absolute atomic E-state index is 13.9. The van der Waals surface area contributed by atoms with E-state index >= 15 is 0 Å². The molecule has 0 aliphatic carbocycles. The van der Waals surface area contributed by atoms with Crippen LogP contribution in [0.2, 0.25) is 0 Å². The highest BCUT2D eigenvalue weighted by molar-refractivity contribution is 7.09. The molecule has 1 aromatic heterocycles. The van der Waals surface area contributed by atoms with Gasteiger partial charge in [0.05, 0.1) is 13.2 Å². The van der Waals surface area contributed by atoms with E-state index in [0.29, 0.717) is 17.7 Å². The van der Waals surface area contributed by atoms with Crippen LogP contribution < -0.4 is 16.0 Å². The lowest BCUT2D eigenvalue weighted by Crippen LogP contribution is -2.30. The Bertz CT molecular complexity index is 502. The SMILES string of the molecule is COc1ccc(C(Cc2cccs2)NN)c(F)c1. The molecule has 0 aliphatic rings. The van der Waals surface area contributed by atoms with E-state index in [-0.39, 0.29) is 11.9 Å². The second kappa shape index (κ2) is 5.95. The van der Waals surface area contributed by atoms with Gasteiger partial charge in [0, 0.05) is 22.9 Å². The summed E-state index contributed by atoms with van der Waals surface area (Å²) in [5.74, 6) is 5.71. The summed E-state index contributed by atoms with van der Waals surface area (Å²) in [4.78, 5) is 1.16. The number of nitrogens with two attached hydrogens (primary N) is 1. The number of methoxy groups -OCH3 is 1. The zero-order chi connectivity index (χ0) is 13.0. The first kappa shape index (κ1) is 13.0. The van der Waals surface area contributed by atoms with Crippen LogP contribution in [0.3, 0.4) is 0 Å². The number of halogens is 1. The molecule has 3 nitrogen and oxygen atoms in total. The van der Waals surface area contributed by atoms with Crippen LogP contribution in [0.4, 0.5) is 4.39 Å². The van der Waals surface area contributed by atoms with Crippen molar-refractivity contribution >= 4 is 11.3 Å². The maximum atomic E-state index is 13.9. The standard InChI is InChI=1S/C13H15FN2OS/c1-17-9-4-5-11(12(14)7-9)13(16-15)8-10-3-2-6-18-10/h2-7,13,16H,8,15H2,1H3. The topological polar surface area (TPSA) is 47.3 Å². The van der Waals surface area contributed by atoms with Gasteiger partial charge >= 0.3 is 0 Å². The summed E-state index contributed by atoms with van der Waals surface area (Å²) < 4.78 is 18.9. The number of benzene rings is 1. The highest BCUT2D eigenvalue weighted by Gasteiger charge is 2.16. The van der Waals surface area contributed by atoms with Gasteiger partial charge in [-0.15, -0.1) is 11.3 Å². The molecule has 18 heavy (non-hydrogen) atoms. The lowest BCUT2D eigenvalue weighted by Gasteiger charge is -2.16. The van der Waals surface area contributed by atoms with Crippen LogP contribution in [0.1, 0.15) is 16.5 Å². The van der Waals surface area contributed by atoms with Crippen molar-refractivity contribution in [1.29, 1.82) is 0 Å². The summed E-state index contributed by atoms with van der Waals surface area (Å²) in [6.07, 6.45) is 0.664. The fourth-order valence-corrected chi connectivity index (χ4v) is 2.56. The van der Waals surface area contributed by atoms with E-state index in [2.05, 4.69) is 5.43 Å². The molecule has 0 radical (unpaired) electrons. The van der Waals surface area contributed by atoms with Gasteiger partial charge in [-0.2, -0.15) is 0 Å². The van der Waals surface area contributed by atoms with E-state index in [0.717, 1.165) is 4.88 Å². The fraction of sp³-hybridized carbons (Fsp3) is 0.231. The minimum absolute atomic E-state index is 0.241. The Morgan fingerprint density at radius 1 is 1.44 bits per heavy atom. The second-order valence-corrected chi connectivity index (χ2v) is 4.92. The summed E-state index contributed by atoms with van der Waals surface area (Å²) in [7, 11) is 1.51. The average Bonchev–Trinajstić information content (AvgIpc) is 2.89. The molecule has 0 bridgehead atoms. The number of ether oxygens (including phenoxy) is 1. The highest BCUT2D eigenvalue weighted by atomic mass is 32.1. The van der Waals surface area contributed by atoms with Crippen LogP contribution in [0.5, 0.6) is 5.75 Å². The van der Waals surface area contributed by atoms with Crippen molar-refractivity contribution < 1.29 is 9.13 Å². The zero-order valence-corrected chi connectivity index (χ0v) is 10.8. The van der Waals surface area contributed by atoms with Crippen LogP contribution in [0, 0.1) is 5.82 Å². The quantitative estimate of drug-likeness (QED) is 0.646. The molecule has 1 atom stereocenters. The van der Waals surface area contributed by atoms with Crippen LogP contribution >= 0.6 is 11.3 Å². The van der Waals surface area contributed by atoms with Crippen molar-refractivity contribution in [2.75, 3.05) is 7.11 Å². The third kappa shape index (κ3) is 2.87. The van der Waals surface area contributed by atoms with Crippen molar-refractivity contribution in [2.24, 2.45) is 5.84 Å². The van der Waals surface area contributed by atoms with Gasteiger partial charge in [-0.05, 0) is 17.5 Å². The molecule has 0 aliphatic heterocycles. The van der Waals surface area contributed by atoms with Gasteiger partial charge in [-0.25, -0.2) is 4.39 Å². The third-order valence-corrected chi connectivity index (χ3v) is 3.67. The summed E-state index contributed by atoms with van der Waals surface area (Å²) in [5, 5.41) is 1.99. The first-order valence-electron chi connectivity index (χ1n) is 5.56. The molecular formula is C13H15FN2OS. The predicted octanol–water partition coefficient (Wildman–Crippen LogP) is 2.64. The van der Waals surface area contributed by atoms with Crippen LogP contribution in [-0.2, 0) is 6.42 Å². The van der Waals surface area contributed by atoms with Crippen LogP contribution in [0.25, 0.3) is 0 Å². The molecular weight excluding hydrogens is 251 g/mol. The Labute approximate surface area is 109 Å². The van der Waals surface area contributed by atoms with Crippen LogP contribution in [-0.4, -0.2) is 7.11 Å². The lowest BCUT2D eigenvalue weighted by atomic mass is 10.0. The maximum Gasteiger partial charge on any atom is 0.131 e. The van der Waals surface area contributed by atoms with Crippen LogP contribution in [0.15, 0.2) is 35.7 Å². The smallest absolute Gasteiger partial charge is 0.131 e. The average molecular weight is 266 g/mol. The van der Waals surface area contributed by atoms with Gasteiger partial charge in [0.2, 0.25) is 0 Å². The Morgan fingerprint density at radius 2 is 2.28 bits per heavy atom. The van der Waals surface area contributed by atoms with E-state index in [4.69, 9.17) is 10.6 Å². The molecule has 0 saturated carbocycles. The molecule has 2 rings (SSSR count). The summed E-state index contributed by atoms with van der Waals surface area (Å²) in [5.41, 5.74) is 3.21. The normalized spacial score (nSPS) is 12.4. The Morgan fingerprint density at radius 3 is 2.83 bits per heavy atom. The molecule has 3 N–H and O–H groups in total. The second-order valence-electron chi connectivity index (χ2n) is 3.89. The first-order valence-corrected chi connectivity index (χ1v) is 6.44. The third-order valence-electron chi connectivity index (χ3n) is 2.77. The number of rotatable bonds is 5. The first-order chi connectivity index (χ1) is 8.74. The minimum atomic E-state index is -0.311. The van der Waals surface area contributed by atoms with Gasteiger partial charge in [-0.1, -0.05) is 12.1 Å². The number of nitrogens with one attached hydrogen (secondary N) is 1. The van der Waals surface area contributed by atoms with Gasteiger partial charge < -0.3 is 4.74 Å². The van der Waals surface area contributed by atoms with Gasteiger partial charge in [0.15, 0.2) is 0 Å². The fourth-order valence-electron chi connectivity index (χ4n) is 1.81. The number of hydrazine groups is 1. The van der Waals surface area contributed by atoms with E-state index in [1.807, 2.05) is 17.5 Å². The number of hydrogen-bond donors (Lipinski definition) is 2. The van der Waals surface area contributed by atoms with Gasteiger partial charge in [0.25, 0.3) is 0 Å². The summed E-state index contributed by atoms with van der Waals surface area (Å²) in [6.45, 7) is 0. The van der Waals surface area contributed by atoms with E-state index < -0.39 is 0 Å². The van der Waals surface area contributed by atoms with Gasteiger partial charge in [-0.3, -0.25) is 11.3 Å². The van der Waals surface area contributed by atoms with Gasteiger partial charge in [0.1, 0.15) is 11.6 Å². The largest absolute Gasteiger partial charge is 0.497 e. The Kier molecular flexibility index (Phi) is 4.30. The molecule has 96 valence electrons. The van der Waals surface area contributed by atoms with Crippen molar-refractivity contribution in [3.05, 3.63) is 52.0 Å². The molecule has 1 aromatic carbocycles.